The van der Waals surface area contributed by atoms with Crippen molar-refractivity contribution in [2.24, 2.45) is 0 Å². The van der Waals surface area contributed by atoms with E-state index in [4.69, 9.17) is 4.74 Å². The Morgan fingerprint density at radius 1 is 1.24 bits per heavy atom. The number of nitrogens with one attached hydrogen (secondary N) is 1. The Bertz CT molecular complexity index is 711. The highest BCUT2D eigenvalue weighted by Crippen LogP contribution is 2.30. The van der Waals surface area contributed by atoms with Gasteiger partial charge < -0.3 is 10.1 Å². The smallest absolute Gasteiger partial charge is 0.294 e. The Kier molecular flexibility index (Phi) is 5.52. The normalized spacial score (nSPS) is 20.4. The molecule has 3 amide bonds. The first-order valence-corrected chi connectivity index (χ1v) is 8.78. The van der Waals surface area contributed by atoms with Gasteiger partial charge in [-0.2, -0.15) is 0 Å². The number of hydrogen-bond acceptors (Lipinski definition) is 6. The molecule has 0 unspecified atom stereocenters. The Balaban J connectivity index is 1.62. The fourth-order valence-corrected chi connectivity index (χ4v) is 3.30. The van der Waals surface area contributed by atoms with Gasteiger partial charge in [0, 0.05) is 24.9 Å². The van der Waals surface area contributed by atoms with Crippen molar-refractivity contribution in [3.8, 4) is 0 Å². The number of thioether (sulfide) groups is 1. The molecule has 0 saturated carbocycles. The summed E-state index contributed by atoms with van der Waals surface area (Å²) >= 11 is 0.791. The lowest BCUT2D eigenvalue weighted by Crippen LogP contribution is -2.45. The van der Waals surface area contributed by atoms with Crippen molar-refractivity contribution in [3.05, 3.63) is 40.8 Å². The van der Waals surface area contributed by atoms with Crippen molar-refractivity contribution in [3.63, 3.8) is 0 Å². The van der Waals surface area contributed by atoms with Crippen LogP contribution >= 0.6 is 11.8 Å². The molecule has 25 heavy (non-hydrogen) atoms. The summed E-state index contributed by atoms with van der Waals surface area (Å²) in [5.41, 5.74) is 1.72. The lowest BCUT2D eigenvalue weighted by molar-refractivity contribution is -0.125. The molecule has 8 heteroatoms. The number of morpholine rings is 1. The first kappa shape index (κ1) is 17.7. The third-order valence-corrected chi connectivity index (χ3v) is 4.81. The van der Waals surface area contributed by atoms with Crippen molar-refractivity contribution in [1.29, 1.82) is 0 Å². The molecule has 132 valence electrons. The number of benzene rings is 1. The number of anilines is 1. The number of imide groups is 1. The molecule has 7 nitrogen and oxygen atoms in total. The first-order chi connectivity index (χ1) is 12.0. The Morgan fingerprint density at radius 2 is 1.92 bits per heavy atom. The number of carbonyl (C=O) groups is 3. The molecule has 1 aromatic rings. The predicted octanol–water partition coefficient (Wildman–Crippen LogP) is 1.80. The van der Waals surface area contributed by atoms with Gasteiger partial charge in [0.05, 0.1) is 24.8 Å². The molecule has 0 aromatic heterocycles. The minimum Gasteiger partial charge on any atom is -0.379 e. The van der Waals surface area contributed by atoms with Gasteiger partial charge in [-0.25, -0.2) is 0 Å². The number of hydrogen-bond donors (Lipinski definition) is 1. The van der Waals surface area contributed by atoms with Crippen LogP contribution in [0.4, 0.5) is 10.5 Å². The molecule has 0 atom stereocenters. The van der Waals surface area contributed by atoms with Crippen LogP contribution in [0.1, 0.15) is 5.56 Å². The summed E-state index contributed by atoms with van der Waals surface area (Å²) in [6, 6.07) is 7.33. The summed E-state index contributed by atoms with van der Waals surface area (Å²) in [6.45, 7) is 4.71. The van der Waals surface area contributed by atoms with E-state index in [1.165, 1.54) is 11.0 Å². The van der Waals surface area contributed by atoms with Crippen molar-refractivity contribution >= 4 is 34.5 Å². The van der Waals surface area contributed by atoms with E-state index in [0.717, 1.165) is 17.3 Å². The molecule has 0 aliphatic carbocycles. The van der Waals surface area contributed by atoms with E-state index in [2.05, 4.69) is 5.32 Å². The van der Waals surface area contributed by atoms with Gasteiger partial charge in [-0.15, -0.1) is 0 Å². The molecule has 0 radical (unpaired) electrons. The molecule has 1 aromatic carbocycles. The molecule has 2 saturated heterocycles. The monoisotopic (exact) mass is 361 g/mol. The zero-order valence-electron chi connectivity index (χ0n) is 13.9. The van der Waals surface area contributed by atoms with Gasteiger partial charge in [-0.05, 0) is 30.8 Å². The topological polar surface area (TPSA) is 79.0 Å². The summed E-state index contributed by atoms with van der Waals surface area (Å²) in [5.74, 6) is -0.860. The standard InChI is InChI=1S/C17H19N3O4S/c1-12-2-4-13(5-3-12)18-15(21)10-14-16(22)20(17(23)25-14)11-19-6-8-24-9-7-19/h2-5,10H,6-9,11H2,1H3,(H,18,21)/b14-10-. The lowest BCUT2D eigenvalue weighted by Gasteiger charge is -2.29. The number of aryl methyl sites for hydroxylation is 1. The fourth-order valence-electron chi connectivity index (χ4n) is 2.50. The van der Waals surface area contributed by atoms with Gasteiger partial charge in [0.2, 0.25) is 5.91 Å². The van der Waals surface area contributed by atoms with Crippen LogP contribution in [0.15, 0.2) is 35.2 Å². The van der Waals surface area contributed by atoms with Crippen LogP contribution < -0.4 is 5.32 Å². The second kappa shape index (κ2) is 7.81. The summed E-state index contributed by atoms with van der Waals surface area (Å²) in [7, 11) is 0. The van der Waals surface area contributed by atoms with Crippen LogP contribution in [0.5, 0.6) is 0 Å². The fraction of sp³-hybridized carbons (Fsp3) is 0.353. The quantitative estimate of drug-likeness (QED) is 0.824. The summed E-state index contributed by atoms with van der Waals surface area (Å²) in [5, 5.41) is 2.33. The van der Waals surface area contributed by atoms with Crippen LogP contribution in [0.3, 0.4) is 0 Å². The molecule has 2 aliphatic rings. The van der Waals surface area contributed by atoms with Gasteiger partial charge >= 0.3 is 0 Å². The van der Waals surface area contributed by atoms with Crippen LogP contribution in [0, 0.1) is 6.92 Å². The third-order valence-electron chi connectivity index (χ3n) is 3.90. The molecule has 2 heterocycles. The average Bonchev–Trinajstić information content (AvgIpc) is 2.85. The van der Waals surface area contributed by atoms with Crippen LogP contribution in [-0.2, 0) is 14.3 Å². The minimum atomic E-state index is -0.430. The lowest BCUT2D eigenvalue weighted by atomic mass is 10.2. The van der Waals surface area contributed by atoms with Crippen LogP contribution in [0.25, 0.3) is 0 Å². The highest BCUT2D eigenvalue weighted by atomic mass is 32.2. The number of ether oxygens (including phenoxy) is 1. The maximum Gasteiger partial charge on any atom is 0.294 e. The maximum atomic E-state index is 12.4. The second-order valence-corrected chi connectivity index (χ2v) is 6.83. The first-order valence-electron chi connectivity index (χ1n) is 7.96. The Morgan fingerprint density at radius 3 is 2.60 bits per heavy atom. The maximum absolute atomic E-state index is 12.4. The molecule has 0 spiro atoms. The van der Waals surface area contributed by atoms with Gasteiger partial charge in [-0.3, -0.25) is 24.2 Å². The SMILES string of the molecule is Cc1ccc(NC(=O)/C=C2\SC(=O)N(CN3CCOCC3)C2=O)cc1. The third kappa shape index (κ3) is 4.47. The van der Waals surface area contributed by atoms with E-state index in [9.17, 15) is 14.4 Å². The molecular weight excluding hydrogens is 342 g/mol. The molecule has 1 N–H and O–H groups in total. The minimum absolute atomic E-state index is 0.142. The predicted molar refractivity (Wildman–Crippen MR) is 95.0 cm³/mol. The Labute approximate surface area is 150 Å². The van der Waals surface area contributed by atoms with Crippen molar-refractivity contribution < 1.29 is 19.1 Å². The average molecular weight is 361 g/mol. The second-order valence-electron chi connectivity index (χ2n) is 5.84. The van der Waals surface area contributed by atoms with E-state index in [0.29, 0.717) is 32.0 Å². The number of amides is 3. The van der Waals surface area contributed by atoms with E-state index in [1.807, 2.05) is 24.0 Å². The number of nitrogens with zero attached hydrogens (tertiary/aromatic N) is 2. The largest absolute Gasteiger partial charge is 0.379 e. The number of carbonyl (C=O) groups excluding carboxylic acids is 3. The Hall–Kier alpha value is -2.16. The van der Waals surface area contributed by atoms with Gasteiger partial charge in [0.15, 0.2) is 0 Å². The van der Waals surface area contributed by atoms with Crippen molar-refractivity contribution in [1.82, 2.24) is 9.80 Å². The van der Waals surface area contributed by atoms with Gasteiger partial charge in [0.1, 0.15) is 0 Å². The van der Waals surface area contributed by atoms with E-state index >= 15 is 0 Å². The molecular formula is C17H19N3O4S. The molecule has 0 bridgehead atoms. The summed E-state index contributed by atoms with van der Waals surface area (Å²) in [4.78, 5) is 39.9. The molecule has 2 fully saturated rings. The van der Waals surface area contributed by atoms with Crippen molar-refractivity contribution in [2.75, 3.05) is 38.3 Å². The summed E-state index contributed by atoms with van der Waals surface area (Å²) in [6.07, 6.45) is 1.18. The van der Waals surface area contributed by atoms with E-state index in [1.54, 1.807) is 12.1 Å². The molecule has 3 rings (SSSR count). The highest BCUT2D eigenvalue weighted by Gasteiger charge is 2.36. The zero-order valence-corrected chi connectivity index (χ0v) is 14.7. The number of rotatable bonds is 4. The van der Waals surface area contributed by atoms with Crippen LogP contribution in [0.2, 0.25) is 0 Å². The van der Waals surface area contributed by atoms with Gasteiger partial charge in [0.25, 0.3) is 11.1 Å². The zero-order chi connectivity index (χ0) is 17.8. The molecule has 2 aliphatic heterocycles. The van der Waals surface area contributed by atoms with E-state index < -0.39 is 11.8 Å². The van der Waals surface area contributed by atoms with Crippen LogP contribution in [-0.4, -0.2) is 59.8 Å². The van der Waals surface area contributed by atoms with Crippen molar-refractivity contribution in [2.45, 2.75) is 6.92 Å². The van der Waals surface area contributed by atoms with Gasteiger partial charge in [-0.1, -0.05) is 17.7 Å². The van der Waals surface area contributed by atoms with E-state index in [-0.39, 0.29) is 16.8 Å². The highest BCUT2D eigenvalue weighted by molar-refractivity contribution is 8.18. The summed E-state index contributed by atoms with van der Waals surface area (Å²) < 4.78 is 5.26.